The first kappa shape index (κ1) is 13.8. The highest BCUT2D eigenvalue weighted by atomic mass is 14.9. The number of nitrogens with one attached hydrogen (secondary N) is 1. The summed E-state index contributed by atoms with van der Waals surface area (Å²) < 4.78 is 0. The maximum atomic E-state index is 4.08. The lowest BCUT2D eigenvalue weighted by Crippen LogP contribution is -2.33. The van der Waals surface area contributed by atoms with Gasteiger partial charge in [-0.1, -0.05) is 25.8 Å². The van der Waals surface area contributed by atoms with Crippen LogP contribution in [0.4, 0.5) is 0 Å². The molecule has 0 aromatic rings. The second-order valence-corrected chi connectivity index (χ2v) is 5.80. The molecule has 0 heterocycles. The molecule has 3 unspecified atom stereocenters. The molecule has 0 saturated heterocycles. The van der Waals surface area contributed by atoms with Gasteiger partial charge in [-0.25, -0.2) is 0 Å². The molecule has 0 bridgehead atoms. The molecule has 0 amide bonds. The van der Waals surface area contributed by atoms with E-state index in [1.165, 1.54) is 50.8 Å². The zero-order valence-electron chi connectivity index (χ0n) is 11.4. The third-order valence-electron chi connectivity index (χ3n) is 3.85. The lowest BCUT2D eigenvalue weighted by atomic mass is 9.72. The highest BCUT2D eigenvalue weighted by Gasteiger charge is 2.27. The van der Waals surface area contributed by atoms with E-state index < -0.39 is 0 Å². The van der Waals surface area contributed by atoms with Crippen molar-refractivity contribution in [3.8, 4) is 0 Å². The van der Waals surface area contributed by atoms with Gasteiger partial charge < -0.3 is 5.32 Å². The minimum atomic E-state index is 0.880. The first-order valence-corrected chi connectivity index (χ1v) is 6.98. The van der Waals surface area contributed by atoms with Gasteiger partial charge in [0.15, 0.2) is 0 Å². The summed E-state index contributed by atoms with van der Waals surface area (Å²) in [5, 5.41) is 3.59. The molecule has 1 aliphatic carbocycles. The molecule has 1 fully saturated rings. The Labute approximate surface area is 102 Å². The van der Waals surface area contributed by atoms with E-state index in [0.717, 1.165) is 17.8 Å². The van der Waals surface area contributed by atoms with E-state index in [2.05, 4.69) is 32.7 Å². The van der Waals surface area contributed by atoms with Crippen LogP contribution in [0.3, 0.4) is 0 Å². The molecule has 1 rings (SSSR count). The van der Waals surface area contributed by atoms with Crippen molar-refractivity contribution in [3.63, 3.8) is 0 Å². The van der Waals surface area contributed by atoms with Crippen molar-refractivity contribution in [2.45, 2.75) is 52.9 Å². The van der Waals surface area contributed by atoms with E-state index in [4.69, 9.17) is 0 Å². The smallest absolute Gasteiger partial charge is 0.00178 e. The predicted octanol–water partition coefficient (Wildman–Crippen LogP) is 4.00. The second-order valence-electron chi connectivity index (χ2n) is 5.80. The van der Waals surface area contributed by atoms with Crippen LogP contribution >= 0.6 is 0 Å². The van der Waals surface area contributed by atoms with Gasteiger partial charge in [0.25, 0.3) is 0 Å². The maximum absolute atomic E-state index is 4.08. The lowest BCUT2D eigenvalue weighted by Gasteiger charge is -2.35. The van der Waals surface area contributed by atoms with Gasteiger partial charge in [0.2, 0.25) is 0 Å². The average Bonchev–Trinajstić information content (AvgIpc) is 2.20. The quantitative estimate of drug-likeness (QED) is 0.530. The van der Waals surface area contributed by atoms with Crippen molar-refractivity contribution < 1.29 is 0 Å². The molecular formula is C15H29N. The van der Waals surface area contributed by atoms with E-state index in [1.807, 2.05) is 0 Å². The van der Waals surface area contributed by atoms with Crippen molar-refractivity contribution in [1.29, 1.82) is 0 Å². The van der Waals surface area contributed by atoms with Crippen molar-refractivity contribution >= 4 is 0 Å². The van der Waals surface area contributed by atoms with Crippen molar-refractivity contribution in [2.75, 3.05) is 13.1 Å². The molecule has 0 aromatic carbocycles. The largest absolute Gasteiger partial charge is 0.316 e. The van der Waals surface area contributed by atoms with Gasteiger partial charge in [-0.15, -0.1) is 6.58 Å². The number of allylic oxidation sites excluding steroid dienone is 1. The minimum absolute atomic E-state index is 0.880. The summed E-state index contributed by atoms with van der Waals surface area (Å²) in [6, 6.07) is 0. The van der Waals surface area contributed by atoms with Gasteiger partial charge in [0.1, 0.15) is 0 Å². The number of rotatable bonds is 6. The van der Waals surface area contributed by atoms with Crippen LogP contribution in [0.2, 0.25) is 0 Å². The summed E-state index contributed by atoms with van der Waals surface area (Å²) in [5.41, 5.74) is 1.36. The van der Waals surface area contributed by atoms with Crippen LogP contribution in [0.1, 0.15) is 52.9 Å². The van der Waals surface area contributed by atoms with Crippen molar-refractivity contribution in [1.82, 2.24) is 5.32 Å². The summed E-state index contributed by atoms with van der Waals surface area (Å²) >= 11 is 0. The minimum Gasteiger partial charge on any atom is -0.316 e. The fraction of sp³-hybridized carbons (Fsp3) is 0.867. The molecule has 1 N–H and O–H groups in total. The highest BCUT2D eigenvalue weighted by Crippen LogP contribution is 2.36. The van der Waals surface area contributed by atoms with Crippen LogP contribution in [-0.2, 0) is 0 Å². The third-order valence-corrected chi connectivity index (χ3v) is 3.85. The lowest BCUT2D eigenvalue weighted by molar-refractivity contribution is 0.184. The van der Waals surface area contributed by atoms with Gasteiger partial charge >= 0.3 is 0 Å². The van der Waals surface area contributed by atoms with E-state index in [-0.39, 0.29) is 0 Å². The molecule has 94 valence electrons. The SMILES string of the molecule is C=C(C)CC1CC(C)CCC1CNCCC. The Morgan fingerprint density at radius 1 is 1.31 bits per heavy atom. The summed E-state index contributed by atoms with van der Waals surface area (Å²) in [4.78, 5) is 0. The van der Waals surface area contributed by atoms with Gasteiger partial charge in [-0.3, -0.25) is 0 Å². The van der Waals surface area contributed by atoms with Crippen LogP contribution < -0.4 is 5.32 Å². The summed E-state index contributed by atoms with van der Waals surface area (Å²) in [5.74, 6) is 2.69. The Balaban J connectivity index is 2.40. The summed E-state index contributed by atoms with van der Waals surface area (Å²) in [6.45, 7) is 13.3. The molecule has 0 aromatic heterocycles. The zero-order valence-corrected chi connectivity index (χ0v) is 11.4. The van der Waals surface area contributed by atoms with Gasteiger partial charge in [-0.2, -0.15) is 0 Å². The Morgan fingerprint density at radius 2 is 2.06 bits per heavy atom. The molecule has 0 radical (unpaired) electrons. The molecule has 0 aliphatic heterocycles. The van der Waals surface area contributed by atoms with Gasteiger partial charge in [-0.05, 0) is 63.5 Å². The van der Waals surface area contributed by atoms with E-state index in [1.54, 1.807) is 0 Å². The average molecular weight is 223 g/mol. The molecular weight excluding hydrogens is 194 g/mol. The number of hydrogen-bond acceptors (Lipinski definition) is 1. The van der Waals surface area contributed by atoms with Crippen LogP contribution in [0.25, 0.3) is 0 Å². The molecule has 3 atom stereocenters. The molecule has 1 nitrogen and oxygen atoms in total. The van der Waals surface area contributed by atoms with Crippen molar-refractivity contribution in [2.24, 2.45) is 17.8 Å². The standard InChI is InChI=1S/C15H29N/c1-5-8-16-11-14-7-6-13(4)10-15(14)9-12(2)3/h13-16H,2,5-11H2,1,3-4H3. The topological polar surface area (TPSA) is 12.0 Å². The fourth-order valence-electron chi connectivity index (χ4n) is 2.99. The molecule has 1 aliphatic rings. The van der Waals surface area contributed by atoms with Crippen LogP contribution in [0, 0.1) is 17.8 Å². The first-order chi connectivity index (χ1) is 7.63. The van der Waals surface area contributed by atoms with E-state index >= 15 is 0 Å². The van der Waals surface area contributed by atoms with Crippen LogP contribution in [0.15, 0.2) is 12.2 Å². The Hall–Kier alpha value is -0.300. The van der Waals surface area contributed by atoms with Crippen LogP contribution in [0.5, 0.6) is 0 Å². The first-order valence-electron chi connectivity index (χ1n) is 6.98. The third kappa shape index (κ3) is 4.69. The molecule has 1 saturated carbocycles. The van der Waals surface area contributed by atoms with E-state index in [0.29, 0.717) is 0 Å². The molecule has 16 heavy (non-hydrogen) atoms. The molecule has 1 heteroatoms. The van der Waals surface area contributed by atoms with Gasteiger partial charge in [0.05, 0.1) is 0 Å². The Morgan fingerprint density at radius 3 is 2.69 bits per heavy atom. The normalized spacial score (nSPS) is 30.3. The van der Waals surface area contributed by atoms with Gasteiger partial charge in [0, 0.05) is 0 Å². The Kier molecular flexibility index (Phi) is 6.12. The second kappa shape index (κ2) is 7.11. The zero-order chi connectivity index (χ0) is 12.0. The van der Waals surface area contributed by atoms with Crippen LogP contribution in [-0.4, -0.2) is 13.1 Å². The molecule has 0 spiro atoms. The maximum Gasteiger partial charge on any atom is -0.00178 e. The van der Waals surface area contributed by atoms with Crippen molar-refractivity contribution in [3.05, 3.63) is 12.2 Å². The monoisotopic (exact) mass is 223 g/mol. The fourth-order valence-corrected chi connectivity index (χ4v) is 2.99. The summed E-state index contributed by atoms with van der Waals surface area (Å²) in [7, 11) is 0. The summed E-state index contributed by atoms with van der Waals surface area (Å²) in [6.07, 6.45) is 6.73. The highest BCUT2D eigenvalue weighted by molar-refractivity contribution is 4.94. The van der Waals surface area contributed by atoms with E-state index in [9.17, 15) is 0 Å². The Bertz CT molecular complexity index is 209. The predicted molar refractivity (Wildman–Crippen MR) is 72.6 cm³/mol. The number of hydrogen-bond donors (Lipinski definition) is 1.